The summed E-state index contributed by atoms with van der Waals surface area (Å²) < 4.78 is 30.5. The van der Waals surface area contributed by atoms with Gasteiger partial charge in [0.2, 0.25) is 5.91 Å². The molecule has 10 heteroatoms. The molecule has 0 bridgehead atoms. The Morgan fingerprint density at radius 1 is 0.493 bits per heavy atom. The van der Waals surface area contributed by atoms with Crippen LogP contribution in [0.1, 0.15) is 213 Å². The second kappa shape index (κ2) is 51.9. The van der Waals surface area contributed by atoms with Crippen LogP contribution in [-0.2, 0) is 27.9 Å². The summed E-state index contributed by atoms with van der Waals surface area (Å²) in [6.45, 7) is 6.77. The van der Waals surface area contributed by atoms with Crippen molar-refractivity contribution < 1.29 is 37.3 Å². The number of esters is 1. The van der Waals surface area contributed by atoms with E-state index in [0.29, 0.717) is 23.9 Å². The smallest absolute Gasteiger partial charge is 0.456 e. The van der Waals surface area contributed by atoms with Crippen molar-refractivity contribution in [2.24, 2.45) is 0 Å². The van der Waals surface area contributed by atoms with Crippen LogP contribution in [0.25, 0.3) is 0 Å². The molecule has 0 saturated heterocycles. The number of likely N-dealkylation sites (N-methyl/N-ethyl adjacent to an activating group) is 1. The molecule has 0 aromatic rings. The van der Waals surface area contributed by atoms with Crippen LogP contribution in [0.15, 0.2) is 122 Å². The maximum atomic E-state index is 13.5. The van der Waals surface area contributed by atoms with Crippen molar-refractivity contribution in [1.29, 1.82) is 0 Å². The average molecular weight is 1040 g/mol. The van der Waals surface area contributed by atoms with Gasteiger partial charge in [0, 0.05) is 12.8 Å². The molecule has 0 fully saturated rings. The van der Waals surface area contributed by atoms with Crippen LogP contribution in [0.2, 0.25) is 0 Å². The van der Waals surface area contributed by atoms with Crippen LogP contribution in [0.4, 0.5) is 0 Å². The first-order chi connectivity index (χ1) is 35.4. The molecule has 0 aliphatic heterocycles. The van der Waals surface area contributed by atoms with Crippen molar-refractivity contribution >= 4 is 19.7 Å². The topological polar surface area (TPSA) is 111 Å². The van der Waals surface area contributed by atoms with Crippen molar-refractivity contribution in [3.8, 4) is 0 Å². The first kappa shape index (κ1) is 69.4. The summed E-state index contributed by atoms with van der Waals surface area (Å²) in [6.07, 6.45) is 72.0. The number of phosphoric acid groups is 1. The van der Waals surface area contributed by atoms with E-state index >= 15 is 0 Å². The lowest BCUT2D eigenvalue weighted by molar-refractivity contribution is -0.870. The van der Waals surface area contributed by atoms with Gasteiger partial charge in [0.1, 0.15) is 19.3 Å². The molecule has 0 heterocycles. The maximum Gasteiger partial charge on any atom is 0.472 e. The number of phosphoric ester groups is 1. The van der Waals surface area contributed by atoms with E-state index in [9.17, 15) is 19.0 Å². The third kappa shape index (κ3) is 53.1. The van der Waals surface area contributed by atoms with E-state index in [0.717, 1.165) is 96.3 Å². The minimum Gasteiger partial charge on any atom is -0.456 e. The molecule has 0 saturated carbocycles. The Hall–Kier alpha value is -3.59. The number of quaternary nitrogens is 1. The highest BCUT2D eigenvalue weighted by atomic mass is 31.2. The van der Waals surface area contributed by atoms with Gasteiger partial charge in [0.25, 0.3) is 0 Å². The summed E-state index contributed by atoms with van der Waals surface area (Å²) in [7, 11) is 1.42. The van der Waals surface area contributed by atoms with E-state index in [4.69, 9.17) is 13.8 Å². The summed E-state index contributed by atoms with van der Waals surface area (Å²) in [5.41, 5.74) is 0. The summed E-state index contributed by atoms with van der Waals surface area (Å²) in [5, 5.41) is 3.01. The lowest BCUT2D eigenvalue weighted by Gasteiger charge is -2.27. The summed E-state index contributed by atoms with van der Waals surface area (Å²) in [6, 6.07) is -0.895. The number of rotatable bonds is 50. The largest absolute Gasteiger partial charge is 0.472 e. The molecule has 0 aromatic carbocycles. The second-order valence-corrected chi connectivity index (χ2v) is 21.5. The van der Waals surface area contributed by atoms with Crippen LogP contribution >= 0.6 is 7.82 Å². The maximum absolute atomic E-state index is 13.5. The van der Waals surface area contributed by atoms with E-state index in [1.807, 2.05) is 33.3 Å². The molecule has 0 aliphatic carbocycles. The summed E-state index contributed by atoms with van der Waals surface area (Å²) in [4.78, 5) is 37.6. The molecule has 0 spiro atoms. The van der Waals surface area contributed by atoms with Crippen molar-refractivity contribution in [2.45, 2.75) is 226 Å². The summed E-state index contributed by atoms with van der Waals surface area (Å²) >= 11 is 0. The quantitative estimate of drug-likeness (QED) is 0.0205. The fraction of sp³-hybridized carbons (Fsp3) is 0.651. The molecule has 0 aliphatic rings. The minimum absolute atomic E-state index is 0.0183. The zero-order valence-corrected chi connectivity index (χ0v) is 48.2. The molecule has 416 valence electrons. The van der Waals surface area contributed by atoms with Crippen LogP contribution < -0.4 is 5.32 Å². The first-order valence-corrected chi connectivity index (χ1v) is 30.4. The van der Waals surface area contributed by atoms with Gasteiger partial charge in [0.05, 0.1) is 33.8 Å². The number of nitrogens with one attached hydrogen (secondary N) is 1. The average Bonchev–Trinajstić information content (AvgIpc) is 3.35. The Labute approximate surface area is 448 Å². The van der Waals surface area contributed by atoms with Gasteiger partial charge in [-0.25, -0.2) is 4.57 Å². The number of amides is 1. The number of hydrogen-bond donors (Lipinski definition) is 2. The van der Waals surface area contributed by atoms with Gasteiger partial charge < -0.3 is 19.4 Å². The van der Waals surface area contributed by atoms with Gasteiger partial charge >= 0.3 is 13.8 Å². The fourth-order valence-electron chi connectivity index (χ4n) is 7.43. The molecule has 3 unspecified atom stereocenters. The van der Waals surface area contributed by atoms with Gasteiger partial charge in [-0.2, -0.15) is 0 Å². The number of hydrogen-bond acceptors (Lipinski definition) is 6. The van der Waals surface area contributed by atoms with E-state index in [1.54, 1.807) is 0 Å². The lowest BCUT2D eigenvalue weighted by atomic mass is 10.1. The number of carbonyl (C=O) groups excluding carboxylic acids is 2. The van der Waals surface area contributed by atoms with Crippen molar-refractivity contribution in [2.75, 3.05) is 40.9 Å². The van der Waals surface area contributed by atoms with Gasteiger partial charge in [-0.1, -0.05) is 207 Å². The van der Waals surface area contributed by atoms with Gasteiger partial charge in [-0.05, 0) is 115 Å². The first-order valence-electron chi connectivity index (χ1n) is 28.9. The Balaban J connectivity index is 5.47. The normalized spacial score (nSPS) is 14.7. The van der Waals surface area contributed by atoms with Crippen molar-refractivity contribution in [3.05, 3.63) is 122 Å². The Bertz CT molecular complexity index is 1660. The van der Waals surface area contributed by atoms with Crippen LogP contribution in [0, 0.1) is 0 Å². The highest BCUT2D eigenvalue weighted by Crippen LogP contribution is 2.43. The Morgan fingerprint density at radius 2 is 0.890 bits per heavy atom. The fourth-order valence-corrected chi connectivity index (χ4v) is 8.16. The highest BCUT2D eigenvalue weighted by Gasteiger charge is 2.30. The Morgan fingerprint density at radius 3 is 1.37 bits per heavy atom. The number of unbranched alkanes of at least 4 members (excludes halogenated alkanes) is 16. The van der Waals surface area contributed by atoms with E-state index in [1.165, 1.54) is 70.6 Å². The van der Waals surface area contributed by atoms with E-state index < -0.39 is 25.9 Å². The third-order valence-corrected chi connectivity index (χ3v) is 12.9. The standard InChI is InChI=1S/C63H107N2O7P/c1-7-10-13-16-19-22-25-27-29-31-32-34-35-37-40-43-46-49-52-55-62(66)64-60(59-71-73(68,69)70-58-57-65(4,5)6)61(54-51-48-45-42-39-24-21-18-15-12-9-3)72-63(67)56-53-50-47-44-41-38-36-33-30-28-26-23-20-17-14-11-8-2/h10,13,19-20,22-23,27-30,32,34,36-38,40,44,47,51,54,60-61H,7-9,11-12,14-18,21,24-26,31,33,35,39,41-43,45-46,48-50,52-53,55-59H2,1-6H3,(H-,64,66,68,69)/p+1/b13-10-,22-19-,23-20-,29-27-,30-28-,34-32-,38-36-,40-37-,47-44-,54-51+. The molecule has 0 rings (SSSR count). The highest BCUT2D eigenvalue weighted by molar-refractivity contribution is 7.47. The van der Waals surface area contributed by atoms with Crippen LogP contribution in [-0.4, -0.2) is 74.3 Å². The zero-order valence-electron chi connectivity index (χ0n) is 47.3. The molecule has 73 heavy (non-hydrogen) atoms. The number of ether oxygens (including phenoxy) is 1. The van der Waals surface area contributed by atoms with E-state index in [2.05, 4.69) is 135 Å². The van der Waals surface area contributed by atoms with E-state index in [-0.39, 0.29) is 32.0 Å². The predicted octanol–water partition coefficient (Wildman–Crippen LogP) is 17.5. The number of carbonyl (C=O) groups is 2. The van der Waals surface area contributed by atoms with Crippen LogP contribution in [0.5, 0.6) is 0 Å². The van der Waals surface area contributed by atoms with Gasteiger partial charge in [-0.15, -0.1) is 0 Å². The van der Waals surface area contributed by atoms with Crippen molar-refractivity contribution in [1.82, 2.24) is 5.32 Å². The second-order valence-electron chi connectivity index (χ2n) is 20.1. The number of nitrogens with zero attached hydrogens (tertiary/aromatic N) is 1. The molecule has 0 radical (unpaired) electrons. The number of allylic oxidation sites excluding steroid dienone is 19. The van der Waals surface area contributed by atoms with Gasteiger partial charge in [0.15, 0.2) is 0 Å². The minimum atomic E-state index is -4.47. The van der Waals surface area contributed by atoms with Crippen molar-refractivity contribution in [3.63, 3.8) is 0 Å². The predicted molar refractivity (Wildman–Crippen MR) is 313 cm³/mol. The van der Waals surface area contributed by atoms with Gasteiger partial charge in [-0.3, -0.25) is 18.6 Å². The molecule has 9 nitrogen and oxygen atoms in total. The molecular formula is C63H108N2O7P+. The Kier molecular flexibility index (Phi) is 49.3. The molecular weight excluding hydrogens is 928 g/mol. The monoisotopic (exact) mass is 1040 g/mol. The zero-order chi connectivity index (χ0) is 53.6. The SMILES string of the molecule is CC/C=C\C/C=C\C/C=C\C/C=C\C/C=C\CCCCCC(=O)NC(COP(=O)(O)OCC[N+](C)(C)C)C(/C=C/CCCCCCCCCCC)OC(=O)CCC/C=C\C/C=C\C/C=C\C/C=C\CCCCC. The summed E-state index contributed by atoms with van der Waals surface area (Å²) in [5.74, 6) is -0.620. The third-order valence-electron chi connectivity index (χ3n) is 11.9. The molecule has 1 amide bonds. The molecule has 3 atom stereocenters. The van der Waals surface area contributed by atoms with Crippen LogP contribution in [0.3, 0.4) is 0 Å². The lowest BCUT2D eigenvalue weighted by Crippen LogP contribution is -2.47. The molecule has 2 N–H and O–H groups in total. The molecule has 0 aromatic heterocycles.